The minimum atomic E-state index is -0.858. The van der Waals surface area contributed by atoms with Gasteiger partial charge in [0.1, 0.15) is 11.2 Å². The molecule has 0 bridgehead atoms. The molecule has 0 amide bonds. The van der Waals surface area contributed by atoms with Gasteiger partial charge < -0.3 is 14.8 Å². The maximum atomic E-state index is 12.7. The largest absolute Gasteiger partial charge is 0.496 e. The van der Waals surface area contributed by atoms with Crippen LogP contribution in [0.4, 0.5) is 0 Å². The Morgan fingerprint density at radius 2 is 2.12 bits per heavy atom. The van der Waals surface area contributed by atoms with Gasteiger partial charge in [-0.1, -0.05) is 31.1 Å². The van der Waals surface area contributed by atoms with Gasteiger partial charge in [-0.25, -0.2) is 0 Å². The normalized spacial score (nSPS) is 26.7. The van der Waals surface area contributed by atoms with E-state index >= 15 is 0 Å². The van der Waals surface area contributed by atoms with Crippen molar-refractivity contribution in [3.8, 4) is 5.75 Å². The van der Waals surface area contributed by atoms with E-state index < -0.39 is 11.4 Å². The van der Waals surface area contributed by atoms with Crippen LogP contribution in [-0.2, 0) is 11.3 Å². The standard InChI is InChI=1S/C27H34N2O3/c1-18-16-23(32-2)22(21-11-14-28-25(18)21)17-29-15-4-3-8-24(29)27(26(30)31)12-9-20(10-13-27)19-6-5-7-19/h9-12,14,16,19,24,28H,3-8,13,15,17H2,1-2H3,(H,30,31)/t24-,27?/m0/s1. The third kappa shape index (κ3) is 3.47. The number of piperidine rings is 1. The zero-order valence-corrected chi connectivity index (χ0v) is 19.2. The summed E-state index contributed by atoms with van der Waals surface area (Å²) in [6, 6.07) is 4.18. The number of methoxy groups -OCH3 is 1. The minimum absolute atomic E-state index is 0.0239. The lowest BCUT2D eigenvalue weighted by atomic mass is 9.68. The third-order valence-corrected chi connectivity index (χ3v) is 8.12. The summed E-state index contributed by atoms with van der Waals surface area (Å²) in [5.74, 6) is 0.825. The fraction of sp³-hybridized carbons (Fsp3) is 0.519. The van der Waals surface area contributed by atoms with Gasteiger partial charge >= 0.3 is 5.97 Å². The number of aryl methyl sites for hydroxylation is 1. The number of carboxylic acids is 1. The number of benzene rings is 1. The van der Waals surface area contributed by atoms with Crippen molar-refractivity contribution >= 4 is 16.9 Å². The molecule has 1 saturated heterocycles. The number of nitrogens with zero attached hydrogens (tertiary/aromatic N) is 1. The van der Waals surface area contributed by atoms with Crippen LogP contribution in [0.5, 0.6) is 5.75 Å². The number of aliphatic carboxylic acids is 1. The van der Waals surface area contributed by atoms with E-state index in [2.05, 4.69) is 41.1 Å². The Hall–Kier alpha value is -2.53. The van der Waals surface area contributed by atoms with Crippen LogP contribution in [0.25, 0.3) is 10.9 Å². The Morgan fingerprint density at radius 1 is 1.28 bits per heavy atom. The SMILES string of the molecule is COc1cc(C)c2[nH]ccc2c1CN1CCCC[C@H]1C1(C(=O)O)C=CC(C2CCC2)=CC1. The first-order chi connectivity index (χ1) is 15.5. The van der Waals surface area contributed by atoms with Crippen LogP contribution in [0, 0.1) is 18.3 Å². The molecular weight excluding hydrogens is 400 g/mol. The van der Waals surface area contributed by atoms with E-state index in [1.54, 1.807) is 7.11 Å². The average Bonchev–Trinajstić information content (AvgIpc) is 3.26. The Morgan fingerprint density at radius 3 is 2.78 bits per heavy atom. The highest BCUT2D eigenvalue weighted by atomic mass is 16.5. The third-order valence-electron chi connectivity index (χ3n) is 8.12. The van der Waals surface area contributed by atoms with Gasteiger partial charge in [-0.3, -0.25) is 9.69 Å². The minimum Gasteiger partial charge on any atom is -0.496 e. The summed E-state index contributed by atoms with van der Waals surface area (Å²) in [6.45, 7) is 3.70. The average molecular weight is 435 g/mol. The molecule has 1 saturated carbocycles. The molecule has 2 N–H and O–H groups in total. The number of carboxylic acid groups (broad SMARTS) is 1. The Bertz CT molecular complexity index is 1080. The monoisotopic (exact) mass is 434 g/mol. The number of allylic oxidation sites excluding steroid dienone is 3. The molecule has 5 rings (SSSR count). The van der Waals surface area contributed by atoms with Crippen molar-refractivity contribution in [1.82, 2.24) is 9.88 Å². The van der Waals surface area contributed by atoms with Gasteiger partial charge in [0.15, 0.2) is 0 Å². The molecule has 0 spiro atoms. The predicted octanol–water partition coefficient (Wildman–Crippen LogP) is 5.60. The summed E-state index contributed by atoms with van der Waals surface area (Å²) in [4.78, 5) is 18.5. The van der Waals surface area contributed by atoms with Crippen LogP contribution in [0.1, 0.15) is 56.1 Å². The van der Waals surface area contributed by atoms with Gasteiger partial charge in [-0.2, -0.15) is 0 Å². The second-order valence-corrected chi connectivity index (χ2v) is 9.84. The Kier molecular flexibility index (Phi) is 5.62. The lowest BCUT2D eigenvalue weighted by molar-refractivity contribution is -0.151. The summed E-state index contributed by atoms with van der Waals surface area (Å²) in [5, 5.41) is 11.6. The number of likely N-dealkylation sites (tertiary alicyclic amines) is 1. The number of H-pyrrole nitrogens is 1. The second-order valence-electron chi connectivity index (χ2n) is 9.84. The first-order valence-corrected chi connectivity index (χ1v) is 12.0. The van der Waals surface area contributed by atoms with Crippen LogP contribution in [0.2, 0.25) is 0 Å². The Balaban J connectivity index is 1.48. The van der Waals surface area contributed by atoms with Crippen LogP contribution < -0.4 is 4.74 Å². The van der Waals surface area contributed by atoms with Crippen molar-refractivity contribution in [1.29, 1.82) is 0 Å². The Labute approximate surface area is 190 Å². The zero-order chi connectivity index (χ0) is 22.3. The number of hydrogen-bond donors (Lipinski definition) is 2. The van der Waals surface area contributed by atoms with Gasteiger partial charge in [0.05, 0.1) is 7.11 Å². The summed E-state index contributed by atoms with van der Waals surface area (Å²) >= 11 is 0. The van der Waals surface area contributed by atoms with E-state index in [1.165, 1.54) is 30.2 Å². The molecule has 1 aliphatic heterocycles. The summed E-state index contributed by atoms with van der Waals surface area (Å²) in [6.07, 6.45) is 15.8. The highest BCUT2D eigenvalue weighted by Gasteiger charge is 2.48. The fourth-order valence-corrected chi connectivity index (χ4v) is 6.01. The molecule has 1 aromatic carbocycles. The van der Waals surface area contributed by atoms with E-state index in [0.29, 0.717) is 18.9 Å². The highest BCUT2D eigenvalue weighted by Crippen LogP contribution is 2.45. The lowest BCUT2D eigenvalue weighted by Crippen LogP contribution is -2.53. The molecule has 2 heterocycles. The summed E-state index contributed by atoms with van der Waals surface area (Å²) < 4.78 is 5.78. The van der Waals surface area contributed by atoms with Crippen molar-refractivity contribution < 1.29 is 14.6 Å². The van der Waals surface area contributed by atoms with E-state index in [9.17, 15) is 9.90 Å². The predicted molar refractivity (Wildman–Crippen MR) is 127 cm³/mol. The fourth-order valence-electron chi connectivity index (χ4n) is 6.01. The summed E-state index contributed by atoms with van der Waals surface area (Å²) in [7, 11) is 1.72. The molecule has 170 valence electrons. The number of ether oxygens (including phenoxy) is 1. The van der Waals surface area contributed by atoms with Crippen LogP contribution in [-0.4, -0.2) is 40.7 Å². The van der Waals surface area contributed by atoms with Gasteiger partial charge in [0, 0.05) is 35.2 Å². The summed E-state index contributed by atoms with van der Waals surface area (Å²) in [5.41, 5.74) is 3.93. The molecule has 5 nitrogen and oxygen atoms in total. The highest BCUT2D eigenvalue weighted by molar-refractivity contribution is 5.88. The van der Waals surface area contributed by atoms with Gasteiger partial charge in [-0.05, 0) is 74.8 Å². The number of hydrogen-bond acceptors (Lipinski definition) is 3. The van der Waals surface area contributed by atoms with Crippen LogP contribution in [0.15, 0.2) is 42.1 Å². The number of rotatable bonds is 6. The van der Waals surface area contributed by atoms with Crippen molar-refractivity contribution in [2.75, 3.05) is 13.7 Å². The van der Waals surface area contributed by atoms with E-state index in [0.717, 1.165) is 48.2 Å². The van der Waals surface area contributed by atoms with Gasteiger partial charge in [-0.15, -0.1) is 0 Å². The molecule has 0 radical (unpaired) electrons. The number of carbonyl (C=O) groups is 1. The second kappa shape index (κ2) is 8.43. The molecule has 5 heteroatoms. The molecule has 1 aromatic heterocycles. The van der Waals surface area contributed by atoms with Crippen molar-refractivity contribution in [3.05, 3.63) is 53.3 Å². The smallest absolute Gasteiger partial charge is 0.315 e. The quantitative estimate of drug-likeness (QED) is 0.621. The first kappa shape index (κ1) is 21.3. The molecule has 32 heavy (non-hydrogen) atoms. The molecule has 3 aliphatic rings. The maximum Gasteiger partial charge on any atom is 0.315 e. The topological polar surface area (TPSA) is 65.6 Å². The van der Waals surface area contributed by atoms with Crippen molar-refractivity contribution in [2.45, 2.75) is 64.5 Å². The number of aromatic nitrogens is 1. The molecule has 2 atom stereocenters. The number of fused-ring (bicyclic) bond motifs is 1. The molecule has 2 fully saturated rings. The van der Waals surface area contributed by atoms with E-state index in [-0.39, 0.29) is 6.04 Å². The first-order valence-electron chi connectivity index (χ1n) is 12.0. The van der Waals surface area contributed by atoms with E-state index in [4.69, 9.17) is 4.74 Å². The molecule has 1 unspecified atom stereocenters. The van der Waals surface area contributed by atoms with Gasteiger partial charge in [0.2, 0.25) is 0 Å². The van der Waals surface area contributed by atoms with Crippen LogP contribution >= 0.6 is 0 Å². The van der Waals surface area contributed by atoms with Crippen molar-refractivity contribution in [2.24, 2.45) is 11.3 Å². The van der Waals surface area contributed by atoms with Gasteiger partial charge in [0.25, 0.3) is 0 Å². The molecule has 2 aromatic rings. The zero-order valence-electron chi connectivity index (χ0n) is 19.2. The molecule has 2 aliphatic carbocycles. The maximum absolute atomic E-state index is 12.7. The van der Waals surface area contributed by atoms with Crippen LogP contribution in [0.3, 0.4) is 0 Å². The number of nitrogens with one attached hydrogen (secondary N) is 1. The van der Waals surface area contributed by atoms with E-state index in [1.807, 2.05) is 12.3 Å². The lowest BCUT2D eigenvalue weighted by Gasteiger charge is -2.46. The van der Waals surface area contributed by atoms with Crippen molar-refractivity contribution in [3.63, 3.8) is 0 Å². The number of aromatic amines is 1. The molecular formula is C27H34N2O3.